The van der Waals surface area contributed by atoms with Gasteiger partial charge in [-0.1, -0.05) is 141 Å². The Kier molecular flexibility index (Phi) is 7.19. The zero-order valence-electron chi connectivity index (χ0n) is 29.8. The van der Waals surface area contributed by atoms with Crippen molar-refractivity contribution in [2.75, 3.05) is 4.90 Å². The normalized spacial score (nSPS) is 12.9. The molecule has 0 spiro atoms. The van der Waals surface area contributed by atoms with E-state index in [1.165, 1.54) is 38.9 Å². The van der Waals surface area contributed by atoms with Gasteiger partial charge >= 0.3 is 0 Å². The van der Waals surface area contributed by atoms with E-state index in [0.717, 1.165) is 55.7 Å². The highest BCUT2D eigenvalue weighted by Gasteiger charge is 2.35. The molecule has 0 bridgehead atoms. The van der Waals surface area contributed by atoms with Crippen LogP contribution in [-0.2, 0) is 5.41 Å². The lowest BCUT2D eigenvalue weighted by Gasteiger charge is -2.26. The minimum Gasteiger partial charge on any atom is -0.455 e. The Hall–Kier alpha value is -6.64. The van der Waals surface area contributed by atoms with Gasteiger partial charge in [0.05, 0.1) is 0 Å². The van der Waals surface area contributed by atoms with Crippen LogP contribution in [0.2, 0.25) is 0 Å². The number of hydrogen-bond acceptors (Lipinski definition) is 2. The Morgan fingerprint density at radius 3 is 1.66 bits per heavy atom. The molecule has 0 radical (unpaired) electrons. The van der Waals surface area contributed by atoms with Crippen LogP contribution < -0.4 is 4.90 Å². The first kappa shape index (κ1) is 31.1. The fraction of sp³-hybridized carbons (Fsp3) is 0.0588. The summed E-state index contributed by atoms with van der Waals surface area (Å²) in [4.78, 5) is 2.32. The van der Waals surface area contributed by atoms with E-state index in [4.69, 9.17) is 4.42 Å². The minimum absolute atomic E-state index is 0.0884. The molecule has 8 aromatic carbocycles. The van der Waals surface area contributed by atoms with Gasteiger partial charge in [0.25, 0.3) is 0 Å². The lowest BCUT2D eigenvalue weighted by Crippen LogP contribution is -2.14. The van der Waals surface area contributed by atoms with E-state index in [1.807, 2.05) is 6.07 Å². The first-order valence-corrected chi connectivity index (χ1v) is 18.3. The van der Waals surface area contributed by atoms with E-state index < -0.39 is 0 Å². The zero-order chi connectivity index (χ0) is 35.5. The Morgan fingerprint density at radius 1 is 0.377 bits per heavy atom. The van der Waals surface area contributed by atoms with Crippen LogP contribution in [0, 0.1) is 0 Å². The van der Waals surface area contributed by atoms with Gasteiger partial charge in [-0.3, -0.25) is 0 Å². The predicted octanol–water partition coefficient (Wildman–Crippen LogP) is 14.4. The number of nitrogens with zero attached hydrogens (tertiary/aromatic N) is 1. The van der Waals surface area contributed by atoms with Gasteiger partial charge in [-0.25, -0.2) is 0 Å². The molecule has 0 fully saturated rings. The van der Waals surface area contributed by atoms with Crippen LogP contribution in [0.5, 0.6) is 0 Å². The summed E-state index contributed by atoms with van der Waals surface area (Å²) in [6, 6.07) is 67.7. The number of anilines is 3. The molecule has 2 heteroatoms. The number of furan rings is 1. The number of hydrogen-bond donors (Lipinski definition) is 0. The quantitative estimate of drug-likeness (QED) is 0.174. The number of fused-ring (bicyclic) bond motifs is 6. The second-order valence-corrected chi connectivity index (χ2v) is 14.6. The van der Waals surface area contributed by atoms with Crippen LogP contribution in [0.25, 0.3) is 66.4 Å². The first-order chi connectivity index (χ1) is 26.0. The Bertz CT molecular complexity index is 2780. The molecule has 0 aliphatic heterocycles. The van der Waals surface area contributed by atoms with Crippen molar-refractivity contribution in [3.63, 3.8) is 0 Å². The predicted molar refractivity (Wildman–Crippen MR) is 222 cm³/mol. The molecular formula is C51H37NO. The zero-order valence-corrected chi connectivity index (χ0v) is 29.8. The van der Waals surface area contributed by atoms with Crippen LogP contribution >= 0.6 is 0 Å². The summed E-state index contributed by atoms with van der Waals surface area (Å²) in [6.45, 7) is 4.68. The second-order valence-electron chi connectivity index (χ2n) is 14.6. The van der Waals surface area contributed by atoms with Crippen molar-refractivity contribution >= 4 is 39.0 Å². The standard InChI is InChI=1S/C51H37NO/c1-51(2)47-19-11-9-17-42(47)43-30-25-37(33-48(43)51)45-31-38(32-46-44-18-10-12-20-49(44)53-50(45)46)36-23-28-41(29-24-36)52(39-15-7-4-8-16-39)40-26-21-35(22-27-40)34-13-5-3-6-14-34/h3-33H,1-2H3. The molecule has 0 amide bonds. The van der Waals surface area contributed by atoms with Gasteiger partial charge in [-0.05, 0) is 111 Å². The van der Waals surface area contributed by atoms with Crippen molar-refractivity contribution in [3.8, 4) is 44.5 Å². The highest BCUT2D eigenvalue weighted by atomic mass is 16.3. The molecule has 10 rings (SSSR count). The molecule has 0 atom stereocenters. The van der Waals surface area contributed by atoms with Gasteiger partial charge in [-0.15, -0.1) is 0 Å². The maximum atomic E-state index is 6.64. The second kappa shape index (κ2) is 12.3. The molecule has 0 N–H and O–H groups in total. The largest absolute Gasteiger partial charge is 0.455 e. The molecule has 1 heterocycles. The minimum atomic E-state index is -0.0884. The van der Waals surface area contributed by atoms with Crippen LogP contribution in [0.3, 0.4) is 0 Å². The summed E-state index contributed by atoms with van der Waals surface area (Å²) in [5.41, 5.74) is 17.5. The lowest BCUT2D eigenvalue weighted by atomic mass is 9.81. The Balaban J connectivity index is 1.08. The van der Waals surface area contributed by atoms with E-state index in [2.05, 4.69) is 201 Å². The van der Waals surface area contributed by atoms with E-state index in [9.17, 15) is 0 Å². The fourth-order valence-electron chi connectivity index (χ4n) is 8.34. The number of rotatable bonds is 6. The SMILES string of the molecule is CC1(C)c2ccccc2-c2ccc(-c3cc(-c4ccc(N(c5ccccc5)c5ccc(-c6ccccc6)cc5)cc4)cc4c3oc3ccccc34)cc21. The molecule has 0 saturated carbocycles. The molecule has 1 aliphatic carbocycles. The van der Waals surface area contributed by atoms with Gasteiger partial charge in [0.2, 0.25) is 0 Å². The summed E-state index contributed by atoms with van der Waals surface area (Å²) in [5.74, 6) is 0. The van der Waals surface area contributed by atoms with Crippen LogP contribution in [0.15, 0.2) is 192 Å². The lowest BCUT2D eigenvalue weighted by molar-refractivity contribution is 0.660. The Labute approximate surface area is 310 Å². The highest BCUT2D eigenvalue weighted by molar-refractivity contribution is 6.11. The van der Waals surface area contributed by atoms with E-state index in [-0.39, 0.29) is 5.41 Å². The number of para-hydroxylation sites is 2. The molecule has 0 unspecified atom stereocenters. The van der Waals surface area contributed by atoms with Crippen molar-refractivity contribution in [3.05, 3.63) is 199 Å². The van der Waals surface area contributed by atoms with Crippen molar-refractivity contribution in [1.29, 1.82) is 0 Å². The van der Waals surface area contributed by atoms with Crippen molar-refractivity contribution in [2.45, 2.75) is 19.3 Å². The average Bonchev–Trinajstić information content (AvgIpc) is 3.71. The molecule has 53 heavy (non-hydrogen) atoms. The summed E-state index contributed by atoms with van der Waals surface area (Å²) in [5, 5.41) is 2.26. The molecule has 1 aromatic heterocycles. The maximum absolute atomic E-state index is 6.64. The molecule has 0 saturated heterocycles. The monoisotopic (exact) mass is 679 g/mol. The van der Waals surface area contributed by atoms with Gasteiger partial charge in [-0.2, -0.15) is 0 Å². The Morgan fingerprint density at radius 2 is 0.925 bits per heavy atom. The number of benzene rings is 8. The summed E-state index contributed by atoms with van der Waals surface area (Å²) in [7, 11) is 0. The average molecular weight is 680 g/mol. The summed E-state index contributed by atoms with van der Waals surface area (Å²) >= 11 is 0. The van der Waals surface area contributed by atoms with E-state index in [1.54, 1.807) is 0 Å². The first-order valence-electron chi connectivity index (χ1n) is 18.3. The van der Waals surface area contributed by atoms with Crippen molar-refractivity contribution in [2.24, 2.45) is 0 Å². The van der Waals surface area contributed by atoms with E-state index >= 15 is 0 Å². The topological polar surface area (TPSA) is 16.4 Å². The van der Waals surface area contributed by atoms with E-state index in [0.29, 0.717) is 0 Å². The summed E-state index contributed by atoms with van der Waals surface area (Å²) < 4.78 is 6.64. The van der Waals surface area contributed by atoms with Crippen molar-refractivity contribution < 1.29 is 4.42 Å². The molecule has 2 nitrogen and oxygen atoms in total. The van der Waals surface area contributed by atoms with Crippen molar-refractivity contribution in [1.82, 2.24) is 0 Å². The third-order valence-electron chi connectivity index (χ3n) is 11.1. The molecule has 1 aliphatic rings. The summed E-state index contributed by atoms with van der Waals surface area (Å²) in [6.07, 6.45) is 0. The fourth-order valence-corrected chi connectivity index (χ4v) is 8.34. The van der Waals surface area contributed by atoms with Crippen LogP contribution in [0.4, 0.5) is 17.1 Å². The third-order valence-corrected chi connectivity index (χ3v) is 11.1. The molecular weight excluding hydrogens is 643 g/mol. The van der Waals surface area contributed by atoms with Crippen LogP contribution in [0.1, 0.15) is 25.0 Å². The maximum Gasteiger partial charge on any atom is 0.143 e. The third kappa shape index (κ3) is 5.18. The van der Waals surface area contributed by atoms with Gasteiger partial charge in [0.15, 0.2) is 0 Å². The van der Waals surface area contributed by atoms with Gasteiger partial charge < -0.3 is 9.32 Å². The van der Waals surface area contributed by atoms with Gasteiger partial charge in [0.1, 0.15) is 11.2 Å². The molecule has 252 valence electrons. The smallest absolute Gasteiger partial charge is 0.143 e. The molecule has 9 aromatic rings. The highest BCUT2D eigenvalue weighted by Crippen LogP contribution is 2.50. The van der Waals surface area contributed by atoms with Gasteiger partial charge in [0, 0.05) is 38.8 Å². The van der Waals surface area contributed by atoms with Crippen LogP contribution in [-0.4, -0.2) is 0 Å².